The van der Waals surface area contributed by atoms with Gasteiger partial charge in [-0.15, -0.1) is 0 Å². The molecule has 2 atom stereocenters. The molecule has 31 heavy (non-hydrogen) atoms. The summed E-state index contributed by atoms with van der Waals surface area (Å²) in [5, 5.41) is 33.3. The average Bonchev–Trinajstić information content (AvgIpc) is 3.27. The first kappa shape index (κ1) is 24.2. The van der Waals surface area contributed by atoms with Gasteiger partial charge in [-0.3, -0.25) is 4.99 Å². The van der Waals surface area contributed by atoms with E-state index in [0.717, 1.165) is 36.8 Å². The predicted molar refractivity (Wildman–Crippen MR) is 113 cm³/mol. The fourth-order valence-electron chi connectivity index (χ4n) is 3.42. The van der Waals surface area contributed by atoms with Crippen LogP contribution in [0.3, 0.4) is 0 Å². The van der Waals surface area contributed by atoms with E-state index in [9.17, 15) is 14.7 Å². The van der Waals surface area contributed by atoms with Gasteiger partial charge in [-0.1, -0.05) is 12.1 Å². The highest BCUT2D eigenvalue weighted by Gasteiger charge is 2.51. The first-order chi connectivity index (χ1) is 14.7. The van der Waals surface area contributed by atoms with Crippen molar-refractivity contribution in [3.63, 3.8) is 0 Å². The van der Waals surface area contributed by atoms with Crippen LogP contribution in [-0.4, -0.2) is 72.2 Å². The van der Waals surface area contributed by atoms with Crippen LogP contribution in [0.1, 0.15) is 25.3 Å². The lowest BCUT2D eigenvalue weighted by Gasteiger charge is -2.48. The van der Waals surface area contributed by atoms with Gasteiger partial charge < -0.3 is 35.4 Å². The maximum Gasteiger partial charge on any atom is 0.328 e. The molecule has 0 aromatic heterocycles. The van der Waals surface area contributed by atoms with Crippen LogP contribution in [0.4, 0.5) is 0 Å². The number of methoxy groups -OCH3 is 1. The van der Waals surface area contributed by atoms with Gasteiger partial charge >= 0.3 is 11.9 Å². The second-order valence-electron chi connectivity index (χ2n) is 7.27. The Morgan fingerprint density at radius 1 is 1.26 bits per heavy atom. The van der Waals surface area contributed by atoms with Crippen LogP contribution in [0.5, 0.6) is 5.75 Å². The van der Waals surface area contributed by atoms with E-state index in [4.69, 9.17) is 19.7 Å². The van der Waals surface area contributed by atoms with Crippen LogP contribution < -0.4 is 15.4 Å². The number of hydrogen-bond donors (Lipinski definition) is 5. The van der Waals surface area contributed by atoms with Crippen LogP contribution in [-0.2, 0) is 19.9 Å². The summed E-state index contributed by atoms with van der Waals surface area (Å²) in [5.74, 6) is -0.972. The smallest absolute Gasteiger partial charge is 0.328 e. The molecular formula is C21H29N3O7. The van der Waals surface area contributed by atoms with E-state index in [1.807, 2.05) is 31.2 Å². The minimum absolute atomic E-state index is 0.390. The van der Waals surface area contributed by atoms with Crippen molar-refractivity contribution in [2.24, 2.45) is 4.99 Å². The van der Waals surface area contributed by atoms with Crippen molar-refractivity contribution >= 4 is 17.9 Å². The van der Waals surface area contributed by atoms with E-state index in [1.165, 1.54) is 0 Å². The number of nitrogens with zero attached hydrogens (tertiary/aromatic N) is 1. The van der Waals surface area contributed by atoms with Crippen molar-refractivity contribution in [1.29, 1.82) is 0 Å². The van der Waals surface area contributed by atoms with Gasteiger partial charge in [0.05, 0.1) is 13.7 Å². The second kappa shape index (κ2) is 10.8. The summed E-state index contributed by atoms with van der Waals surface area (Å²) in [6, 6.07) is 7.71. The highest BCUT2D eigenvalue weighted by Crippen LogP contribution is 2.43. The van der Waals surface area contributed by atoms with Crippen LogP contribution in [0, 0.1) is 0 Å². The number of aliphatic imine (C=N–C) groups is 1. The summed E-state index contributed by atoms with van der Waals surface area (Å²) < 4.78 is 11.3. The Kier molecular flexibility index (Phi) is 8.40. The summed E-state index contributed by atoms with van der Waals surface area (Å²) in [4.78, 5) is 23.4. The molecule has 170 valence electrons. The lowest BCUT2D eigenvalue weighted by atomic mass is 9.74. The molecule has 2 unspecified atom stereocenters. The molecule has 0 saturated carbocycles. The number of aliphatic carboxylic acids is 2. The molecule has 10 heteroatoms. The minimum Gasteiger partial charge on any atom is -0.497 e. The Balaban J connectivity index is 0.000000366. The van der Waals surface area contributed by atoms with Crippen molar-refractivity contribution in [2.45, 2.75) is 31.0 Å². The summed E-state index contributed by atoms with van der Waals surface area (Å²) in [6.07, 6.45) is 2.63. The number of carbonyl (C=O) groups is 2. The Bertz CT molecular complexity index is 809. The summed E-state index contributed by atoms with van der Waals surface area (Å²) >= 11 is 0. The first-order valence-electron chi connectivity index (χ1n) is 9.87. The monoisotopic (exact) mass is 435 g/mol. The number of guanidine groups is 1. The third-order valence-corrected chi connectivity index (χ3v) is 5.25. The molecular weight excluding hydrogens is 406 g/mol. The van der Waals surface area contributed by atoms with Crippen LogP contribution in [0.25, 0.3) is 0 Å². The number of benzene rings is 1. The summed E-state index contributed by atoms with van der Waals surface area (Å²) in [6.45, 7) is 4.60. The van der Waals surface area contributed by atoms with Crippen LogP contribution in [0.15, 0.2) is 41.4 Å². The maximum atomic E-state index is 11.3. The Morgan fingerprint density at radius 2 is 1.90 bits per heavy atom. The quantitative estimate of drug-likeness (QED) is 0.407. The molecule has 2 aliphatic rings. The standard InChI is InChI=1S/C17H25N3O3.C4H4O4/c1-16(13-4-6-14(22-2)7-5-13)17(21,8-3-11-23-16)12-20-15-18-9-10-19-15;5-3(6)1-2-4(7)8/h4-7,21H,3,8-12H2,1-2H3,(H2,18,19,20);1-2H,(H,5,6)(H,7,8)/b;2-1-. The normalized spacial score (nSPS) is 25.1. The summed E-state index contributed by atoms with van der Waals surface area (Å²) in [5.41, 5.74) is -0.834. The highest BCUT2D eigenvalue weighted by molar-refractivity contribution is 5.89. The average molecular weight is 435 g/mol. The van der Waals surface area contributed by atoms with E-state index >= 15 is 0 Å². The molecule has 3 rings (SSSR count). The zero-order chi connectivity index (χ0) is 22.9. The summed E-state index contributed by atoms with van der Waals surface area (Å²) in [7, 11) is 1.64. The lowest BCUT2D eigenvalue weighted by molar-refractivity contribution is -0.209. The SMILES string of the molecule is COc1ccc(C2(C)OCCCC2(O)CNC2=NCCN2)cc1.O=C(O)/C=C\C(=O)O. The van der Waals surface area contributed by atoms with Gasteiger partial charge in [0.2, 0.25) is 0 Å². The number of rotatable bonds is 6. The molecule has 1 fully saturated rings. The third kappa shape index (κ3) is 6.43. The van der Waals surface area contributed by atoms with Crippen molar-refractivity contribution in [1.82, 2.24) is 10.6 Å². The molecule has 0 spiro atoms. The predicted octanol–water partition coefficient (Wildman–Crippen LogP) is 0.713. The van der Waals surface area contributed by atoms with E-state index in [0.29, 0.717) is 31.7 Å². The van der Waals surface area contributed by atoms with Gasteiger partial charge in [0, 0.05) is 31.8 Å². The number of carboxylic acid groups (broad SMARTS) is 2. The maximum absolute atomic E-state index is 11.3. The Labute approximate surface area is 180 Å². The Hall–Kier alpha value is -3.11. The van der Waals surface area contributed by atoms with Crippen LogP contribution >= 0.6 is 0 Å². The fraction of sp³-hybridized carbons (Fsp3) is 0.476. The molecule has 2 aliphatic heterocycles. The molecule has 0 bridgehead atoms. The van der Waals surface area contributed by atoms with Gasteiger partial charge in [0.1, 0.15) is 17.0 Å². The molecule has 5 N–H and O–H groups in total. The van der Waals surface area contributed by atoms with Crippen molar-refractivity contribution in [3.8, 4) is 5.75 Å². The minimum atomic E-state index is -1.26. The largest absolute Gasteiger partial charge is 0.497 e. The van der Waals surface area contributed by atoms with Crippen molar-refractivity contribution < 1.29 is 34.4 Å². The number of ether oxygens (including phenoxy) is 2. The molecule has 0 radical (unpaired) electrons. The van der Waals surface area contributed by atoms with E-state index < -0.39 is 23.1 Å². The zero-order valence-electron chi connectivity index (χ0n) is 17.6. The van der Waals surface area contributed by atoms with Crippen LogP contribution in [0.2, 0.25) is 0 Å². The molecule has 0 aliphatic carbocycles. The zero-order valence-corrected chi connectivity index (χ0v) is 17.6. The molecule has 1 aromatic carbocycles. The van der Waals surface area contributed by atoms with Gasteiger partial charge in [-0.05, 0) is 37.5 Å². The van der Waals surface area contributed by atoms with Gasteiger partial charge in [0.25, 0.3) is 0 Å². The van der Waals surface area contributed by atoms with E-state index in [1.54, 1.807) is 7.11 Å². The number of carboxylic acids is 2. The van der Waals surface area contributed by atoms with E-state index in [2.05, 4.69) is 15.6 Å². The third-order valence-electron chi connectivity index (χ3n) is 5.25. The number of hydrogen-bond acceptors (Lipinski definition) is 8. The second-order valence-corrected chi connectivity index (χ2v) is 7.27. The van der Waals surface area contributed by atoms with Gasteiger partial charge in [-0.2, -0.15) is 0 Å². The topological polar surface area (TPSA) is 150 Å². The van der Waals surface area contributed by atoms with Gasteiger partial charge in [0.15, 0.2) is 5.96 Å². The fourth-order valence-corrected chi connectivity index (χ4v) is 3.42. The molecule has 0 amide bonds. The molecule has 1 aromatic rings. The molecule has 10 nitrogen and oxygen atoms in total. The van der Waals surface area contributed by atoms with Crippen molar-refractivity contribution in [2.75, 3.05) is 33.4 Å². The first-order valence-corrected chi connectivity index (χ1v) is 9.87. The molecule has 1 saturated heterocycles. The molecule has 2 heterocycles. The van der Waals surface area contributed by atoms with Gasteiger partial charge in [-0.25, -0.2) is 9.59 Å². The van der Waals surface area contributed by atoms with E-state index in [-0.39, 0.29) is 0 Å². The number of aliphatic hydroxyl groups is 1. The Morgan fingerprint density at radius 3 is 2.42 bits per heavy atom. The number of nitrogens with one attached hydrogen (secondary N) is 2. The lowest BCUT2D eigenvalue weighted by Crippen LogP contribution is -2.60. The van der Waals surface area contributed by atoms with Crippen molar-refractivity contribution in [3.05, 3.63) is 42.0 Å². The highest BCUT2D eigenvalue weighted by atomic mass is 16.5.